The van der Waals surface area contributed by atoms with Crippen LogP contribution in [-0.4, -0.2) is 51.2 Å². The summed E-state index contributed by atoms with van der Waals surface area (Å²) in [5.41, 5.74) is 0. The number of alkyl halides is 3. The van der Waals surface area contributed by atoms with Crippen LogP contribution in [0.2, 0.25) is 0 Å². The van der Waals surface area contributed by atoms with Gasteiger partial charge in [-0.3, -0.25) is 4.74 Å². The maximum atomic E-state index is 11.6. The number of ether oxygens (including phenoxy) is 2. The number of likely N-dealkylation sites (N-methyl/N-ethyl adjacent to an activating group) is 1. The zero-order chi connectivity index (χ0) is 13.9. The monoisotopic (exact) mass is 259 g/mol. The maximum absolute atomic E-state index is 11.6. The van der Waals surface area contributed by atoms with E-state index < -0.39 is 12.5 Å². The molecule has 6 heteroatoms. The van der Waals surface area contributed by atoms with Crippen molar-refractivity contribution in [2.45, 2.75) is 39.7 Å². The van der Waals surface area contributed by atoms with E-state index in [9.17, 15) is 13.2 Å². The first-order chi connectivity index (χ1) is 7.89. The Hall–Kier alpha value is -0.330. The van der Waals surface area contributed by atoms with E-state index in [2.05, 4.69) is 9.47 Å². The van der Waals surface area contributed by atoms with E-state index in [1.165, 1.54) is 0 Å². The molecule has 1 aliphatic rings. The fourth-order valence-corrected chi connectivity index (χ4v) is 1.18. The summed E-state index contributed by atoms with van der Waals surface area (Å²) < 4.78 is 43.2. The van der Waals surface area contributed by atoms with E-state index >= 15 is 0 Å². The molecule has 3 nitrogen and oxygen atoms in total. The molecular weight excluding hydrogens is 235 g/mol. The molecule has 1 heterocycles. The predicted octanol–water partition coefficient (Wildman–Crippen LogP) is 2.91. The highest BCUT2D eigenvalue weighted by molar-refractivity contribution is 4.73. The number of hydrogen-bond acceptors (Lipinski definition) is 3. The minimum absolute atomic E-state index is 0.375. The lowest BCUT2D eigenvalue weighted by Gasteiger charge is -2.13. The Kier molecular flexibility index (Phi) is 12.1. The summed E-state index contributed by atoms with van der Waals surface area (Å²) in [6.45, 7) is 7.83. The van der Waals surface area contributed by atoms with Crippen molar-refractivity contribution in [2.24, 2.45) is 0 Å². The van der Waals surface area contributed by atoms with Gasteiger partial charge in [0.15, 0.2) is 0 Å². The molecule has 0 spiro atoms. The number of hydrogen-bond donors (Lipinski definition) is 0. The van der Waals surface area contributed by atoms with Gasteiger partial charge in [0.2, 0.25) is 0 Å². The van der Waals surface area contributed by atoms with Crippen LogP contribution in [0.4, 0.5) is 13.2 Å². The zero-order valence-electron chi connectivity index (χ0n) is 11.3. The summed E-state index contributed by atoms with van der Waals surface area (Å²) >= 11 is 0. The van der Waals surface area contributed by atoms with E-state index in [1.807, 2.05) is 25.7 Å². The second-order valence-corrected chi connectivity index (χ2v) is 3.31. The maximum Gasteiger partial charge on any atom is 0.522 e. The van der Waals surface area contributed by atoms with Crippen LogP contribution in [0.1, 0.15) is 27.2 Å². The molecule has 1 saturated heterocycles. The standard InChI is InChI=1S/C6H10F3NO.C3H8O.C2H6/c1-10-3-2-5(4-10)11-6(7,8)9;1-3-4-2;1-2/h5H,2-4H2,1H3;3H2,1-2H3;1-2H3/t5-;;/m0../s1. The van der Waals surface area contributed by atoms with Crippen LogP contribution in [-0.2, 0) is 9.47 Å². The zero-order valence-corrected chi connectivity index (χ0v) is 11.3. The van der Waals surface area contributed by atoms with Crippen molar-refractivity contribution in [2.75, 3.05) is 33.9 Å². The third kappa shape index (κ3) is 13.6. The van der Waals surface area contributed by atoms with Crippen LogP contribution in [0, 0.1) is 0 Å². The molecule has 0 aromatic carbocycles. The Labute approximate surface area is 102 Å². The Balaban J connectivity index is 0. The van der Waals surface area contributed by atoms with Crippen molar-refractivity contribution in [3.8, 4) is 0 Å². The average Bonchev–Trinajstić information content (AvgIpc) is 2.64. The molecule has 0 unspecified atom stereocenters. The number of halogens is 3. The lowest BCUT2D eigenvalue weighted by molar-refractivity contribution is -0.340. The quantitative estimate of drug-likeness (QED) is 0.761. The van der Waals surface area contributed by atoms with Gasteiger partial charge in [0, 0.05) is 26.8 Å². The molecule has 0 aromatic rings. The van der Waals surface area contributed by atoms with Crippen molar-refractivity contribution < 1.29 is 22.6 Å². The van der Waals surface area contributed by atoms with Crippen molar-refractivity contribution in [1.82, 2.24) is 4.90 Å². The molecule has 17 heavy (non-hydrogen) atoms. The van der Waals surface area contributed by atoms with E-state index in [0.29, 0.717) is 19.5 Å². The molecule has 0 aromatic heterocycles. The first-order valence-electron chi connectivity index (χ1n) is 5.81. The number of nitrogens with zero attached hydrogens (tertiary/aromatic N) is 1. The molecule has 0 N–H and O–H groups in total. The molecule has 1 rings (SSSR count). The van der Waals surface area contributed by atoms with Crippen molar-refractivity contribution >= 4 is 0 Å². The molecular formula is C11H24F3NO2. The molecule has 1 atom stereocenters. The molecule has 1 fully saturated rings. The highest BCUT2D eigenvalue weighted by atomic mass is 19.4. The van der Waals surface area contributed by atoms with Gasteiger partial charge in [-0.1, -0.05) is 13.8 Å². The van der Waals surface area contributed by atoms with E-state index in [-0.39, 0.29) is 0 Å². The molecule has 0 bridgehead atoms. The average molecular weight is 259 g/mol. The minimum Gasteiger partial charge on any atom is -0.385 e. The summed E-state index contributed by atoms with van der Waals surface area (Å²) in [5, 5.41) is 0. The Morgan fingerprint density at radius 2 is 1.76 bits per heavy atom. The van der Waals surface area contributed by atoms with Gasteiger partial charge in [-0.25, -0.2) is 0 Å². The predicted molar refractivity (Wildman–Crippen MR) is 61.9 cm³/mol. The number of rotatable bonds is 2. The fraction of sp³-hybridized carbons (Fsp3) is 1.00. The molecule has 0 amide bonds. The van der Waals surface area contributed by atoms with E-state index in [4.69, 9.17) is 0 Å². The van der Waals surface area contributed by atoms with Crippen LogP contribution in [0.5, 0.6) is 0 Å². The van der Waals surface area contributed by atoms with E-state index in [1.54, 1.807) is 14.2 Å². The van der Waals surface area contributed by atoms with Gasteiger partial charge in [-0.2, -0.15) is 0 Å². The Bertz CT molecular complexity index is 163. The van der Waals surface area contributed by atoms with Gasteiger partial charge in [0.05, 0.1) is 6.10 Å². The third-order valence-corrected chi connectivity index (χ3v) is 1.94. The van der Waals surface area contributed by atoms with Crippen LogP contribution < -0.4 is 0 Å². The van der Waals surface area contributed by atoms with Gasteiger partial charge in [-0.15, -0.1) is 13.2 Å². The Morgan fingerprint density at radius 1 is 1.29 bits per heavy atom. The first kappa shape index (κ1) is 19.0. The van der Waals surface area contributed by atoms with Gasteiger partial charge < -0.3 is 9.64 Å². The summed E-state index contributed by atoms with van der Waals surface area (Å²) in [7, 11) is 3.46. The van der Waals surface area contributed by atoms with Crippen LogP contribution in [0.25, 0.3) is 0 Å². The second kappa shape index (κ2) is 10.8. The van der Waals surface area contributed by atoms with E-state index in [0.717, 1.165) is 6.61 Å². The van der Waals surface area contributed by atoms with Crippen LogP contribution in [0.3, 0.4) is 0 Å². The van der Waals surface area contributed by atoms with Crippen molar-refractivity contribution in [1.29, 1.82) is 0 Å². The van der Waals surface area contributed by atoms with Crippen molar-refractivity contribution in [3.05, 3.63) is 0 Å². The topological polar surface area (TPSA) is 21.7 Å². The highest BCUT2D eigenvalue weighted by Gasteiger charge is 2.35. The summed E-state index contributed by atoms with van der Waals surface area (Å²) in [5.74, 6) is 0. The molecule has 1 aliphatic heterocycles. The fourth-order valence-electron chi connectivity index (χ4n) is 1.18. The number of likely N-dealkylation sites (tertiary alicyclic amines) is 1. The highest BCUT2D eigenvalue weighted by Crippen LogP contribution is 2.22. The van der Waals surface area contributed by atoms with Gasteiger partial charge in [0.25, 0.3) is 0 Å². The third-order valence-electron chi connectivity index (χ3n) is 1.94. The smallest absolute Gasteiger partial charge is 0.385 e. The SMILES string of the molecule is CC.CCOC.CN1CC[C@H](OC(F)(F)F)C1. The van der Waals surface area contributed by atoms with Gasteiger partial charge in [-0.05, 0) is 20.4 Å². The van der Waals surface area contributed by atoms with Crippen molar-refractivity contribution in [3.63, 3.8) is 0 Å². The minimum atomic E-state index is -4.48. The first-order valence-corrected chi connectivity index (χ1v) is 5.81. The normalized spacial score (nSPS) is 20.1. The second-order valence-electron chi connectivity index (χ2n) is 3.31. The largest absolute Gasteiger partial charge is 0.522 e. The Morgan fingerprint density at radius 3 is 2.00 bits per heavy atom. The molecule has 106 valence electrons. The molecule has 0 radical (unpaired) electrons. The van der Waals surface area contributed by atoms with Crippen LogP contribution in [0.15, 0.2) is 0 Å². The van der Waals surface area contributed by atoms with Crippen LogP contribution >= 0.6 is 0 Å². The summed E-state index contributed by atoms with van der Waals surface area (Å²) in [6.07, 6.45) is -4.67. The summed E-state index contributed by atoms with van der Waals surface area (Å²) in [6, 6.07) is 0. The molecule has 0 saturated carbocycles. The number of methoxy groups -OCH3 is 1. The summed E-state index contributed by atoms with van der Waals surface area (Å²) in [4.78, 5) is 1.82. The van der Waals surface area contributed by atoms with Gasteiger partial charge >= 0.3 is 6.36 Å². The lowest BCUT2D eigenvalue weighted by atomic mass is 10.3. The lowest BCUT2D eigenvalue weighted by Crippen LogP contribution is -2.26. The van der Waals surface area contributed by atoms with Gasteiger partial charge in [0.1, 0.15) is 0 Å². The molecule has 0 aliphatic carbocycles.